The number of ether oxygens (including phenoxy) is 3. The summed E-state index contributed by atoms with van der Waals surface area (Å²) in [5, 5.41) is 3.09. The van der Waals surface area contributed by atoms with Gasteiger partial charge in [-0.25, -0.2) is 4.98 Å². The Kier molecular flexibility index (Phi) is 7.89. The van der Waals surface area contributed by atoms with Gasteiger partial charge in [-0.3, -0.25) is 0 Å². The molecule has 0 atom stereocenters. The molecule has 6 heteroatoms. The maximum absolute atomic E-state index is 6.00. The number of hydrogen-bond acceptors (Lipinski definition) is 6. The summed E-state index contributed by atoms with van der Waals surface area (Å²) in [6.07, 6.45) is 5.56. The van der Waals surface area contributed by atoms with Gasteiger partial charge in [0.05, 0.1) is 15.5 Å². The van der Waals surface area contributed by atoms with E-state index >= 15 is 0 Å². The van der Waals surface area contributed by atoms with Gasteiger partial charge in [-0.05, 0) is 38.3 Å². The fourth-order valence-corrected chi connectivity index (χ4v) is 2.87. The predicted octanol–water partition coefficient (Wildman–Crippen LogP) is 4.64. The highest BCUT2D eigenvalue weighted by atomic mass is 32.2. The van der Waals surface area contributed by atoms with Crippen molar-refractivity contribution in [2.45, 2.75) is 20.8 Å². The number of rotatable bonds is 5. The third-order valence-electron chi connectivity index (χ3n) is 3.53. The summed E-state index contributed by atoms with van der Waals surface area (Å²) < 4.78 is 16.7. The van der Waals surface area contributed by atoms with Gasteiger partial charge in [0.25, 0.3) is 0 Å². The van der Waals surface area contributed by atoms with Crippen molar-refractivity contribution >= 4 is 29.3 Å². The highest BCUT2D eigenvalue weighted by Crippen LogP contribution is 2.36. The molecule has 0 saturated heterocycles. The van der Waals surface area contributed by atoms with Gasteiger partial charge in [0.1, 0.15) is 5.75 Å². The molecule has 0 spiro atoms. The van der Waals surface area contributed by atoms with Crippen LogP contribution in [-0.4, -0.2) is 16.8 Å². The van der Waals surface area contributed by atoms with Crippen LogP contribution in [0.5, 0.6) is 23.1 Å². The zero-order valence-corrected chi connectivity index (χ0v) is 17.2. The summed E-state index contributed by atoms with van der Waals surface area (Å²) >= 11 is 1.45. The zero-order valence-electron chi connectivity index (χ0n) is 16.4. The maximum atomic E-state index is 6.00. The number of thioether (sulfide) groups is 1. The molecule has 2 heterocycles. The molecule has 0 N–H and O–H groups in total. The Balaban J connectivity index is 0.000000878. The van der Waals surface area contributed by atoms with Gasteiger partial charge < -0.3 is 14.2 Å². The van der Waals surface area contributed by atoms with E-state index < -0.39 is 0 Å². The minimum Gasteiger partial charge on any atom is -0.454 e. The van der Waals surface area contributed by atoms with Gasteiger partial charge >= 0.3 is 0 Å². The molecule has 0 saturated carbocycles. The van der Waals surface area contributed by atoms with Crippen molar-refractivity contribution in [3.8, 4) is 23.1 Å². The lowest BCUT2D eigenvalue weighted by molar-refractivity contribution is 0.174. The number of hydrogen-bond donors (Lipinski definition) is 0. The van der Waals surface area contributed by atoms with Crippen molar-refractivity contribution in [3.05, 3.63) is 65.3 Å². The lowest BCUT2D eigenvalue weighted by Crippen LogP contribution is -2.30. The van der Waals surface area contributed by atoms with Gasteiger partial charge in [0.2, 0.25) is 12.7 Å². The molecule has 146 valence electrons. The van der Waals surface area contributed by atoms with Gasteiger partial charge in [-0.15, -0.1) is 6.58 Å². The molecule has 3 rings (SSSR count). The molecular weight excluding hydrogens is 372 g/mol. The summed E-state index contributed by atoms with van der Waals surface area (Å²) in [5.41, 5.74) is 0. The van der Waals surface area contributed by atoms with Crippen LogP contribution in [0.25, 0.3) is 17.6 Å². The maximum Gasteiger partial charge on any atom is 0.231 e. The Morgan fingerprint density at radius 1 is 1.14 bits per heavy atom. The summed E-state index contributed by atoms with van der Waals surface area (Å²) in [6.45, 7) is 17.1. The molecule has 1 aliphatic heterocycles. The fraction of sp³-hybridized carbons (Fsp3) is 0.182. The average Bonchev–Trinajstić information content (AvgIpc) is 3.14. The first-order chi connectivity index (χ1) is 13.6. The normalized spacial score (nSPS) is 12.8. The van der Waals surface area contributed by atoms with E-state index in [0.717, 1.165) is 10.1 Å². The van der Waals surface area contributed by atoms with Crippen LogP contribution in [0, 0.1) is 0 Å². The third-order valence-corrected chi connectivity index (χ3v) is 4.37. The van der Waals surface area contributed by atoms with E-state index in [2.05, 4.69) is 29.7 Å². The van der Waals surface area contributed by atoms with E-state index in [1.807, 2.05) is 45.1 Å². The summed E-state index contributed by atoms with van der Waals surface area (Å²) in [6, 6.07) is 5.40. The lowest BCUT2D eigenvalue weighted by atomic mass is 10.3. The Labute approximate surface area is 169 Å². The lowest BCUT2D eigenvalue weighted by Gasteiger charge is -2.09. The first kappa shape index (κ1) is 21.3. The van der Waals surface area contributed by atoms with Crippen LogP contribution in [-0.2, 0) is 0 Å². The van der Waals surface area contributed by atoms with Crippen molar-refractivity contribution in [2.24, 2.45) is 0 Å². The molecule has 2 aromatic rings. The molecule has 1 aromatic carbocycles. The smallest absolute Gasteiger partial charge is 0.231 e. The molecular formula is C22H24N2O3S. The number of nitrogens with zero attached hydrogens (tertiary/aromatic N) is 2. The standard InChI is InChI=1S/C19H18N2O3S.C3H6/c1-5-14-12(4)20-18(17(6-2)25-7-3)21-19(14)24-13-8-9-15-16(10-13)23-11-22-15;1-3-2/h5-10H,3-4,11H2,1-2H3;3H,1H2,2H3/b14-5+,17-6-;. The quantitative estimate of drug-likeness (QED) is 0.687. The minimum atomic E-state index is 0.219. The molecule has 1 aromatic heterocycles. The second kappa shape index (κ2) is 10.4. The number of aromatic nitrogens is 2. The highest BCUT2D eigenvalue weighted by molar-refractivity contribution is 8.10. The minimum absolute atomic E-state index is 0.219. The second-order valence-corrected chi connectivity index (χ2v) is 6.47. The Morgan fingerprint density at radius 2 is 1.86 bits per heavy atom. The molecule has 5 nitrogen and oxygen atoms in total. The van der Waals surface area contributed by atoms with Gasteiger partial charge in [0, 0.05) is 6.07 Å². The molecule has 0 radical (unpaired) electrons. The average molecular weight is 397 g/mol. The third kappa shape index (κ3) is 5.04. The number of benzene rings is 1. The largest absolute Gasteiger partial charge is 0.454 e. The predicted molar refractivity (Wildman–Crippen MR) is 117 cm³/mol. The van der Waals surface area contributed by atoms with Crippen molar-refractivity contribution in [2.75, 3.05) is 6.79 Å². The molecule has 0 amide bonds. The van der Waals surface area contributed by atoms with Crippen LogP contribution in [0.4, 0.5) is 0 Å². The zero-order chi connectivity index (χ0) is 20.5. The molecule has 1 aliphatic rings. The van der Waals surface area contributed by atoms with Crippen LogP contribution in [0.2, 0.25) is 0 Å². The topological polar surface area (TPSA) is 53.5 Å². The second-order valence-electron chi connectivity index (χ2n) is 5.46. The van der Waals surface area contributed by atoms with Crippen LogP contribution in [0.15, 0.2) is 48.9 Å². The van der Waals surface area contributed by atoms with E-state index in [1.165, 1.54) is 11.8 Å². The van der Waals surface area contributed by atoms with Crippen LogP contribution in [0.3, 0.4) is 0 Å². The summed E-state index contributed by atoms with van der Waals surface area (Å²) in [7, 11) is 0. The Hall–Kier alpha value is -2.99. The number of fused-ring (bicyclic) bond motifs is 1. The van der Waals surface area contributed by atoms with E-state index in [9.17, 15) is 0 Å². The molecule has 0 aliphatic carbocycles. The summed E-state index contributed by atoms with van der Waals surface area (Å²) in [4.78, 5) is 9.94. The van der Waals surface area contributed by atoms with Crippen LogP contribution >= 0.6 is 11.8 Å². The SMILES string of the molecule is C=CC.C=CS/C(=C\C)c1nc(Oc2ccc3c(c2)OCO3)/c(=C/C)c(=C)n1. The van der Waals surface area contributed by atoms with E-state index in [-0.39, 0.29) is 6.79 Å². The molecule has 28 heavy (non-hydrogen) atoms. The van der Waals surface area contributed by atoms with Crippen LogP contribution in [0.1, 0.15) is 26.6 Å². The van der Waals surface area contributed by atoms with Crippen molar-refractivity contribution in [3.63, 3.8) is 0 Å². The highest BCUT2D eigenvalue weighted by Gasteiger charge is 2.15. The van der Waals surface area contributed by atoms with Crippen molar-refractivity contribution in [1.29, 1.82) is 0 Å². The molecule has 0 unspecified atom stereocenters. The fourth-order valence-electron chi connectivity index (χ4n) is 2.36. The first-order valence-electron chi connectivity index (χ1n) is 8.70. The van der Waals surface area contributed by atoms with Crippen molar-refractivity contribution < 1.29 is 14.2 Å². The van der Waals surface area contributed by atoms with Gasteiger partial charge in [0.15, 0.2) is 17.3 Å². The van der Waals surface area contributed by atoms with E-state index in [1.54, 1.807) is 17.6 Å². The van der Waals surface area contributed by atoms with Crippen molar-refractivity contribution in [1.82, 2.24) is 9.97 Å². The van der Waals surface area contributed by atoms with Gasteiger partial charge in [-0.1, -0.05) is 43.1 Å². The molecule has 0 fully saturated rings. The Morgan fingerprint density at radius 3 is 2.50 bits per heavy atom. The van der Waals surface area contributed by atoms with Gasteiger partial charge in [-0.2, -0.15) is 4.98 Å². The molecule has 0 bridgehead atoms. The number of allylic oxidation sites excluding steroid dienone is 2. The first-order valence-corrected chi connectivity index (χ1v) is 9.58. The van der Waals surface area contributed by atoms with Crippen LogP contribution < -0.4 is 24.8 Å². The monoisotopic (exact) mass is 396 g/mol. The van der Waals surface area contributed by atoms with E-state index in [0.29, 0.717) is 34.3 Å². The summed E-state index contributed by atoms with van der Waals surface area (Å²) in [5.74, 6) is 2.96. The Bertz CT molecular complexity index is 1000. The van der Waals surface area contributed by atoms with E-state index in [4.69, 9.17) is 14.2 Å².